The van der Waals surface area contributed by atoms with Crippen LogP contribution in [0.5, 0.6) is 5.75 Å². The van der Waals surface area contributed by atoms with Crippen LogP contribution in [-0.4, -0.2) is 33.9 Å². The molecule has 4 N–H and O–H groups in total. The van der Waals surface area contributed by atoms with E-state index in [2.05, 4.69) is 20.7 Å². The van der Waals surface area contributed by atoms with Crippen LogP contribution < -0.4 is 21.2 Å². The lowest BCUT2D eigenvalue weighted by molar-refractivity contribution is 0.0731. The molecule has 0 saturated carbocycles. The molecule has 0 radical (unpaired) electrons. The van der Waals surface area contributed by atoms with Crippen LogP contribution in [0, 0.1) is 0 Å². The van der Waals surface area contributed by atoms with Gasteiger partial charge in [0.05, 0.1) is 12.7 Å². The number of hydrazine groups is 1. The molecule has 0 fully saturated rings. The number of methoxy groups -OCH3 is 1. The molecule has 4 rings (SSSR count). The molecule has 1 atom stereocenters. The van der Waals surface area contributed by atoms with Crippen LogP contribution in [0.2, 0.25) is 0 Å². The highest BCUT2D eigenvalue weighted by Crippen LogP contribution is 2.38. The van der Waals surface area contributed by atoms with Crippen molar-refractivity contribution in [1.29, 1.82) is 0 Å². The Kier molecular flexibility index (Phi) is 5.27. The van der Waals surface area contributed by atoms with Crippen molar-refractivity contribution < 1.29 is 14.3 Å². The van der Waals surface area contributed by atoms with E-state index in [-0.39, 0.29) is 12.1 Å². The number of anilines is 1. The number of carbonyl (C=O) groups is 2. The molecule has 152 valence electrons. The van der Waals surface area contributed by atoms with Crippen molar-refractivity contribution in [1.82, 2.24) is 20.4 Å². The molecule has 0 spiro atoms. The Labute approximate surface area is 172 Å². The van der Waals surface area contributed by atoms with Gasteiger partial charge in [-0.1, -0.05) is 12.1 Å². The van der Waals surface area contributed by atoms with E-state index < -0.39 is 5.91 Å². The molecular formula is C21H20N6O3. The summed E-state index contributed by atoms with van der Waals surface area (Å²) in [7, 11) is 1.61. The number of ether oxygens (including phenoxy) is 1. The molecule has 1 aliphatic rings. The van der Waals surface area contributed by atoms with Gasteiger partial charge in [-0.3, -0.25) is 15.0 Å². The van der Waals surface area contributed by atoms with E-state index in [4.69, 9.17) is 10.5 Å². The maximum absolute atomic E-state index is 12.7. The number of hydrogen-bond donors (Lipinski definition) is 3. The summed E-state index contributed by atoms with van der Waals surface area (Å²) in [6, 6.07) is 12.6. The number of nitrogens with one attached hydrogen (secondary N) is 2. The predicted molar refractivity (Wildman–Crippen MR) is 109 cm³/mol. The van der Waals surface area contributed by atoms with Crippen molar-refractivity contribution in [2.75, 3.05) is 12.4 Å². The Balaban J connectivity index is 1.63. The van der Waals surface area contributed by atoms with Gasteiger partial charge in [0.1, 0.15) is 18.2 Å². The van der Waals surface area contributed by atoms with Crippen LogP contribution in [0.3, 0.4) is 0 Å². The first-order chi connectivity index (χ1) is 14.6. The summed E-state index contributed by atoms with van der Waals surface area (Å²) >= 11 is 0. The number of primary amides is 1. The Bertz CT molecular complexity index is 1070. The van der Waals surface area contributed by atoms with Gasteiger partial charge in [-0.25, -0.2) is 9.97 Å². The summed E-state index contributed by atoms with van der Waals surface area (Å²) in [6.07, 6.45) is 3.92. The lowest BCUT2D eigenvalue weighted by Crippen LogP contribution is -2.43. The highest BCUT2D eigenvalue weighted by molar-refractivity contribution is 5.93. The van der Waals surface area contributed by atoms with Gasteiger partial charge in [-0.05, 0) is 35.9 Å². The van der Waals surface area contributed by atoms with E-state index in [0.717, 1.165) is 22.6 Å². The molecule has 3 aromatic rings. The van der Waals surface area contributed by atoms with Gasteiger partial charge in [0, 0.05) is 35.8 Å². The lowest BCUT2D eigenvalue weighted by Gasteiger charge is -2.27. The van der Waals surface area contributed by atoms with Gasteiger partial charge in [0.15, 0.2) is 0 Å². The van der Waals surface area contributed by atoms with Gasteiger partial charge >= 0.3 is 0 Å². The molecule has 2 heterocycles. The van der Waals surface area contributed by atoms with E-state index in [1.54, 1.807) is 36.4 Å². The zero-order valence-electron chi connectivity index (χ0n) is 16.2. The summed E-state index contributed by atoms with van der Waals surface area (Å²) in [5.41, 5.74) is 11.7. The third-order valence-corrected chi connectivity index (χ3v) is 4.86. The highest BCUT2D eigenvalue weighted by Gasteiger charge is 2.33. The van der Waals surface area contributed by atoms with Gasteiger partial charge in [-0.15, -0.1) is 0 Å². The minimum Gasteiger partial charge on any atom is -0.496 e. The van der Waals surface area contributed by atoms with Crippen LogP contribution in [0.15, 0.2) is 61.2 Å². The first kappa shape index (κ1) is 19.3. The van der Waals surface area contributed by atoms with E-state index in [9.17, 15) is 9.59 Å². The third kappa shape index (κ3) is 3.78. The van der Waals surface area contributed by atoms with Gasteiger partial charge < -0.3 is 15.8 Å². The highest BCUT2D eigenvalue weighted by atomic mass is 16.5. The Hall–Kier alpha value is -3.98. The number of hydrogen-bond acceptors (Lipinski definition) is 7. The summed E-state index contributed by atoms with van der Waals surface area (Å²) in [4.78, 5) is 31.8. The standard InChI is InChI=1S/C21H20N6O3/c1-30-18-4-2-3-16-17(18)11-27(26-21(29)14-9-23-12-24-10-14)20(16)25-15-7-5-13(6-8-15)19(22)28/h2-10,12,20,25H,11H2,1H3,(H2,22,28)(H,26,29). The molecular weight excluding hydrogens is 384 g/mol. The van der Waals surface area contributed by atoms with Crippen molar-refractivity contribution in [2.45, 2.75) is 12.7 Å². The van der Waals surface area contributed by atoms with E-state index in [1.807, 2.05) is 18.2 Å². The molecule has 9 heteroatoms. The Morgan fingerprint density at radius 3 is 2.50 bits per heavy atom. The van der Waals surface area contributed by atoms with Crippen molar-refractivity contribution in [2.24, 2.45) is 5.73 Å². The maximum atomic E-state index is 12.7. The normalized spacial score (nSPS) is 15.3. The summed E-state index contributed by atoms with van der Waals surface area (Å²) in [5.74, 6) is -0.0714. The molecule has 0 aliphatic carbocycles. The first-order valence-corrected chi connectivity index (χ1v) is 9.21. The van der Waals surface area contributed by atoms with E-state index in [1.165, 1.54) is 18.7 Å². The van der Waals surface area contributed by atoms with E-state index in [0.29, 0.717) is 17.7 Å². The molecule has 30 heavy (non-hydrogen) atoms. The van der Waals surface area contributed by atoms with Crippen molar-refractivity contribution >= 4 is 17.5 Å². The zero-order chi connectivity index (χ0) is 21.1. The average molecular weight is 404 g/mol. The minimum absolute atomic E-state index is 0.321. The van der Waals surface area contributed by atoms with E-state index >= 15 is 0 Å². The molecule has 2 aromatic carbocycles. The quantitative estimate of drug-likeness (QED) is 0.573. The molecule has 1 unspecified atom stereocenters. The zero-order valence-corrected chi connectivity index (χ0v) is 16.2. The topological polar surface area (TPSA) is 122 Å². The molecule has 1 aliphatic heterocycles. The largest absolute Gasteiger partial charge is 0.496 e. The van der Waals surface area contributed by atoms with Crippen LogP contribution in [0.25, 0.3) is 0 Å². The number of benzene rings is 2. The molecule has 2 amide bonds. The molecule has 0 bridgehead atoms. The summed E-state index contributed by atoms with van der Waals surface area (Å²) < 4.78 is 5.50. The number of amides is 2. The van der Waals surface area contributed by atoms with Gasteiger partial charge in [0.2, 0.25) is 5.91 Å². The first-order valence-electron chi connectivity index (χ1n) is 9.21. The summed E-state index contributed by atoms with van der Waals surface area (Å²) in [6.45, 7) is 0.440. The van der Waals surface area contributed by atoms with Crippen LogP contribution in [0.4, 0.5) is 5.69 Å². The lowest BCUT2D eigenvalue weighted by atomic mass is 10.1. The van der Waals surface area contributed by atoms with Crippen molar-refractivity contribution in [3.05, 3.63) is 83.4 Å². The molecule has 1 aromatic heterocycles. The fourth-order valence-corrected chi connectivity index (χ4v) is 3.39. The number of fused-ring (bicyclic) bond motifs is 1. The second-order valence-electron chi connectivity index (χ2n) is 6.71. The number of carbonyl (C=O) groups excluding carboxylic acids is 2. The minimum atomic E-state index is -0.489. The number of nitrogens with two attached hydrogens (primary N) is 1. The number of aromatic nitrogens is 2. The SMILES string of the molecule is COc1cccc2c1CN(NC(=O)c1cncnc1)C2Nc1ccc(C(N)=O)cc1. The van der Waals surface area contributed by atoms with Crippen LogP contribution in [-0.2, 0) is 6.54 Å². The molecule has 9 nitrogen and oxygen atoms in total. The Morgan fingerprint density at radius 2 is 1.83 bits per heavy atom. The summed E-state index contributed by atoms with van der Waals surface area (Å²) in [5, 5.41) is 5.18. The average Bonchev–Trinajstić information content (AvgIpc) is 3.11. The Morgan fingerprint density at radius 1 is 1.10 bits per heavy atom. The second-order valence-corrected chi connectivity index (χ2v) is 6.71. The van der Waals surface area contributed by atoms with Crippen LogP contribution >= 0.6 is 0 Å². The van der Waals surface area contributed by atoms with Gasteiger partial charge in [0.25, 0.3) is 5.91 Å². The number of nitrogens with zero attached hydrogens (tertiary/aromatic N) is 3. The number of rotatable bonds is 6. The van der Waals surface area contributed by atoms with Crippen molar-refractivity contribution in [3.8, 4) is 5.75 Å². The fraction of sp³-hybridized carbons (Fsp3) is 0.143. The van der Waals surface area contributed by atoms with Crippen molar-refractivity contribution in [3.63, 3.8) is 0 Å². The fourth-order valence-electron chi connectivity index (χ4n) is 3.39. The smallest absolute Gasteiger partial charge is 0.268 e. The predicted octanol–water partition coefficient (Wildman–Crippen LogP) is 1.86. The maximum Gasteiger partial charge on any atom is 0.268 e. The molecule has 0 saturated heterocycles. The monoisotopic (exact) mass is 404 g/mol. The van der Waals surface area contributed by atoms with Gasteiger partial charge in [-0.2, -0.15) is 5.01 Å². The second kappa shape index (κ2) is 8.18. The van der Waals surface area contributed by atoms with Crippen LogP contribution in [0.1, 0.15) is 38.0 Å². The third-order valence-electron chi connectivity index (χ3n) is 4.86.